The Morgan fingerprint density at radius 2 is 1.84 bits per heavy atom. The monoisotopic (exact) mass is 261 g/mol. The summed E-state index contributed by atoms with van der Waals surface area (Å²) < 4.78 is 0. The number of anilines is 1. The Morgan fingerprint density at radius 3 is 2.37 bits per heavy atom. The molecule has 2 heteroatoms. The standard InChI is InChI=1S/C17H27NO/c1-4-6-13-18(16-10-8-7-9-11-16)14-17(3,15-19)12-5-2/h7-11,15H,4-6,12-14H2,1-3H3. The molecule has 2 nitrogen and oxygen atoms in total. The molecule has 0 fully saturated rings. The van der Waals surface area contributed by atoms with E-state index in [1.54, 1.807) is 0 Å². The maximum atomic E-state index is 11.4. The summed E-state index contributed by atoms with van der Waals surface area (Å²) in [5.41, 5.74) is 0.985. The smallest absolute Gasteiger partial charge is 0.127 e. The van der Waals surface area contributed by atoms with E-state index in [0.29, 0.717) is 0 Å². The zero-order valence-electron chi connectivity index (χ0n) is 12.6. The van der Waals surface area contributed by atoms with E-state index in [1.165, 1.54) is 12.1 Å². The molecule has 0 saturated carbocycles. The third-order valence-electron chi connectivity index (χ3n) is 3.56. The molecule has 0 bridgehead atoms. The quantitative estimate of drug-likeness (QED) is 0.618. The maximum absolute atomic E-state index is 11.4. The Labute approximate surface area is 117 Å². The van der Waals surface area contributed by atoms with E-state index in [4.69, 9.17) is 0 Å². The van der Waals surface area contributed by atoms with Gasteiger partial charge < -0.3 is 9.69 Å². The Balaban J connectivity index is 2.82. The van der Waals surface area contributed by atoms with Gasteiger partial charge in [-0.1, -0.05) is 51.8 Å². The number of nitrogens with zero attached hydrogens (tertiary/aromatic N) is 1. The van der Waals surface area contributed by atoms with Crippen LogP contribution in [0.2, 0.25) is 0 Å². The number of rotatable bonds is 9. The van der Waals surface area contributed by atoms with Gasteiger partial charge in [-0.2, -0.15) is 0 Å². The van der Waals surface area contributed by atoms with Crippen molar-refractivity contribution in [1.29, 1.82) is 0 Å². The van der Waals surface area contributed by atoms with Gasteiger partial charge in [-0.3, -0.25) is 0 Å². The minimum absolute atomic E-state index is 0.238. The number of aldehydes is 1. The van der Waals surface area contributed by atoms with Gasteiger partial charge in [-0.25, -0.2) is 0 Å². The Kier molecular flexibility index (Phi) is 6.61. The lowest BCUT2D eigenvalue weighted by molar-refractivity contribution is -0.115. The molecule has 1 aromatic carbocycles. The first kappa shape index (κ1) is 15.7. The number of unbranched alkanes of at least 4 members (excludes halogenated alkanes) is 1. The van der Waals surface area contributed by atoms with E-state index < -0.39 is 0 Å². The first-order valence-electron chi connectivity index (χ1n) is 7.41. The third kappa shape index (κ3) is 5.06. The van der Waals surface area contributed by atoms with E-state index in [2.05, 4.69) is 49.9 Å². The molecule has 1 atom stereocenters. The highest BCUT2D eigenvalue weighted by molar-refractivity contribution is 5.61. The van der Waals surface area contributed by atoms with E-state index in [-0.39, 0.29) is 5.41 Å². The second kappa shape index (κ2) is 7.98. The van der Waals surface area contributed by atoms with Crippen LogP contribution in [0.1, 0.15) is 46.5 Å². The molecule has 0 heterocycles. The van der Waals surface area contributed by atoms with Crippen molar-refractivity contribution in [3.63, 3.8) is 0 Å². The van der Waals surface area contributed by atoms with Crippen LogP contribution in [0.15, 0.2) is 30.3 Å². The van der Waals surface area contributed by atoms with Gasteiger partial charge in [0.15, 0.2) is 0 Å². The molecular formula is C17H27NO. The van der Waals surface area contributed by atoms with Crippen LogP contribution in [0.5, 0.6) is 0 Å². The minimum Gasteiger partial charge on any atom is -0.371 e. The van der Waals surface area contributed by atoms with Gasteiger partial charge in [-0.05, 0) is 25.0 Å². The van der Waals surface area contributed by atoms with Gasteiger partial charge in [0.2, 0.25) is 0 Å². The molecular weight excluding hydrogens is 234 g/mol. The second-order valence-corrected chi connectivity index (χ2v) is 5.63. The second-order valence-electron chi connectivity index (χ2n) is 5.63. The van der Waals surface area contributed by atoms with Crippen molar-refractivity contribution in [2.45, 2.75) is 46.5 Å². The minimum atomic E-state index is -0.238. The van der Waals surface area contributed by atoms with E-state index in [0.717, 1.165) is 38.6 Å². The van der Waals surface area contributed by atoms with Crippen molar-refractivity contribution < 1.29 is 4.79 Å². The number of hydrogen-bond donors (Lipinski definition) is 0. The summed E-state index contributed by atoms with van der Waals surface area (Å²) in [5, 5.41) is 0. The topological polar surface area (TPSA) is 20.3 Å². The molecule has 0 aromatic heterocycles. The van der Waals surface area contributed by atoms with E-state index in [9.17, 15) is 4.79 Å². The van der Waals surface area contributed by atoms with Crippen molar-refractivity contribution in [3.05, 3.63) is 30.3 Å². The molecule has 0 saturated heterocycles. The fraction of sp³-hybridized carbons (Fsp3) is 0.588. The molecule has 0 N–H and O–H groups in total. The van der Waals surface area contributed by atoms with Gasteiger partial charge in [0, 0.05) is 24.2 Å². The molecule has 0 amide bonds. The summed E-state index contributed by atoms with van der Waals surface area (Å²) in [6.45, 7) is 8.25. The van der Waals surface area contributed by atoms with Gasteiger partial charge in [0.1, 0.15) is 6.29 Å². The van der Waals surface area contributed by atoms with Crippen molar-refractivity contribution in [2.24, 2.45) is 5.41 Å². The highest BCUT2D eigenvalue weighted by Crippen LogP contribution is 2.25. The first-order valence-corrected chi connectivity index (χ1v) is 7.41. The molecule has 0 aliphatic carbocycles. The average molecular weight is 261 g/mol. The fourth-order valence-corrected chi connectivity index (χ4v) is 2.47. The lowest BCUT2D eigenvalue weighted by Crippen LogP contribution is -2.37. The van der Waals surface area contributed by atoms with E-state index >= 15 is 0 Å². The molecule has 1 rings (SSSR count). The maximum Gasteiger partial charge on any atom is 0.127 e. The highest BCUT2D eigenvalue weighted by atomic mass is 16.1. The van der Waals surface area contributed by atoms with Crippen LogP contribution in [0.3, 0.4) is 0 Å². The summed E-state index contributed by atoms with van der Waals surface area (Å²) in [6, 6.07) is 10.4. The summed E-state index contributed by atoms with van der Waals surface area (Å²) >= 11 is 0. The van der Waals surface area contributed by atoms with Gasteiger partial charge in [0.05, 0.1) is 0 Å². The van der Waals surface area contributed by atoms with Crippen LogP contribution >= 0.6 is 0 Å². The Morgan fingerprint density at radius 1 is 1.16 bits per heavy atom. The number of hydrogen-bond acceptors (Lipinski definition) is 2. The zero-order valence-corrected chi connectivity index (χ0v) is 12.6. The number of para-hydroxylation sites is 1. The largest absolute Gasteiger partial charge is 0.371 e. The summed E-state index contributed by atoms with van der Waals surface area (Å²) in [5.74, 6) is 0. The molecule has 19 heavy (non-hydrogen) atoms. The predicted octanol–water partition coefficient (Wildman–Crippen LogP) is 4.30. The van der Waals surface area contributed by atoms with Crippen LogP contribution in [0.4, 0.5) is 5.69 Å². The van der Waals surface area contributed by atoms with Gasteiger partial charge in [0.25, 0.3) is 0 Å². The third-order valence-corrected chi connectivity index (χ3v) is 3.56. The molecule has 1 aromatic rings. The van der Waals surface area contributed by atoms with Crippen LogP contribution in [-0.2, 0) is 4.79 Å². The Hall–Kier alpha value is -1.31. The Bertz CT molecular complexity index is 363. The van der Waals surface area contributed by atoms with Crippen LogP contribution < -0.4 is 4.90 Å². The lowest BCUT2D eigenvalue weighted by Gasteiger charge is -2.33. The SMILES string of the molecule is CCCCN(CC(C)(C=O)CCC)c1ccccc1. The summed E-state index contributed by atoms with van der Waals surface area (Å²) in [6.07, 6.45) is 5.47. The zero-order chi connectivity index (χ0) is 14.1. The van der Waals surface area contributed by atoms with Crippen LogP contribution in [0.25, 0.3) is 0 Å². The fourth-order valence-electron chi connectivity index (χ4n) is 2.47. The lowest BCUT2D eigenvalue weighted by atomic mass is 9.86. The molecule has 0 aliphatic heterocycles. The van der Waals surface area contributed by atoms with Crippen molar-refractivity contribution >= 4 is 12.0 Å². The molecule has 0 radical (unpaired) electrons. The van der Waals surface area contributed by atoms with Crippen molar-refractivity contribution in [2.75, 3.05) is 18.0 Å². The first-order chi connectivity index (χ1) is 9.15. The van der Waals surface area contributed by atoms with Crippen molar-refractivity contribution in [3.8, 4) is 0 Å². The molecule has 0 aliphatic rings. The van der Waals surface area contributed by atoms with Gasteiger partial charge >= 0.3 is 0 Å². The summed E-state index contributed by atoms with van der Waals surface area (Å²) in [4.78, 5) is 13.8. The number of carbonyl (C=O) groups is 1. The predicted molar refractivity (Wildman–Crippen MR) is 82.6 cm³/mol. The van der Waals surface area contributed by atoms with Gasteiger partial charge in [-0.15, -0.1) is 0 Å². The molecule has 1 unspecified atom stereocenters. The van der Waals surface area contributed by atoms with Crippen LogP contribution in [0, 0.1) is 5.41 Å². The normalized spacial score (nSPS) is 13.8. The van der Waals surface area contributed by atoms with E-state index in [1.807, 2.05) is 6.07 Å². The molecule has 106 valence electrons. The highest BCUT2D eigenvalue weighted by Gasteiger charge is 2.25. The van der Waals surface area contributed by atoms with Crippen molar-refractivity contribution in [1.82, 2.24) is 0 Å². The summed E-state index contributed by atoms with van der Waals surface area (Å²) in [7, 11) is 0. The number of benzene rings is 1. The number of carbonyl (C=O) groups excluding carboxylic acids is 1. The van der Waals surface area contributed by atoms with Crippen LogP contribution in [-0.4, -0.2) is 19.4 Å². The molecule has 0 spiro atoms. The average Bonchev–Trinajstić information content (AvgIpc) is 2.45.